The Kier molecular flexibility index (Phi) is 4.42. The molecule has 1 aromatic rings. The summed E-state index contributed by atoms with van der Waals surface area (Å²) in [7, 11) is 0. The summed E-state index contributed by atoms with van der Waals surface area (Å²) in [5.41, 5.74) is -1.06. The van der Waals surface area contributed by atoms with Gasteiger partial charge in [-0.05, 0) is 12.2 Å². The number of aromatic amines is 1. The number of ether oxygens (including phenoxy) is 1. The lowest BCUT2D eigenvalue weighted by molar-refractivity contribution is -0.0233. The van der Waals surface area contributed by atoms with Crippen LogP contribution in [0.25, 0.3) is 0 Å². The largest absolute Gasteiger partial charge is 0.394 e. The number of thioether (sulfide) groups is 1. The van der Waals surface area contributed by atoms with E-state index in [1.165, 1.54) is 10.8 Å². The summed E-state index contributed by atoms with van der Waals surface area (Å²) in [5, 5.41) is 28.9. The topological polar surface area (TPSA) is 125 Å². The summed E-state index contributed by atoms with van der Waals surface area (Å²) in [6.07, 6.45) is -2.41. The molecule has 0 aliphatic carbocycles. The second-order valence-corrected chi connectivity index (χ2v) is 6.68. The van der Waals surface area contributed by atoms with Crippen molar-refractivity contribution in [3.05, 3.63) is 32.6 Å². The zero-order valence-electron chi connectivity index (χ0n) is 11.7. The van der Waals surface area contributed by atoms with Crippen LogP contribution in [0.5, 0.6) is 0 Å². The van der Waals surface area contributed by atoms with Crippen molar-refractivity contribution in [1.82, 2.24) is 9.55 Å². The molecular formula is C13H18N2O6S. The maximum absolute atomic E-state index is 12.0. The molecule has 8 nitrogen and oxygen atoms in total. The Bertz CT molecular complexity index is 653. The summed E-state index contributed by atoms with van der Waals surface area (Å²) < 4.78 is 6.82. The van der Waals surface area contributed by atoms with Crippen LogP contribution in [-0.2, 0) is 4.74 Å². The number of nitrogens with zero attached hydrogens (tertiary/aromatic N) is 1. The highest BCUT2D eigenvalue weighted by Crippen LogP contribution is 2.32. The van der Waals surface area contributed by atoms with Crippen molar-refractivity contribution >= 4 is 11.8 Å². The van der Waals surface area contributed by atoms with Crippen LogP contribution < -0.4 is 11.2 Å². The highest BCUT2D eigenvalue weighted by atomic mass is 32.2. The Hall–Kier alpha value is -1.13. The number of hydrogen-bond donors (Lipinski definition) is 4. The first-order chi connectivity index (χ1) is 10.5. The maximum Gasteiger partial charge on any atom is 0.328 e. The van der Waals surface area contributed by atoms with E-state index < -0.39 is 42.3 Å². The molecule has 0 amide bonds. The van der Waals surface area contributed by atoms with Crippen LogP contribution in [-0.4, -0.2) is 61.3 Å². The lowest BCUT2D eigenvalue weighted by Crippen LogP contribution is -2.37. The first-order valence-electron chi connectivity index (χ1n) is 7.08. The lowest BCUT2D eigenvalue weighted by Gasteiger charge is -2.18. The molecule has 1 aromatic heterocycles. The molecule has 5 atom stereocenters. The average molecular weight is 330 g/mol. The molecule has 9 heteroatoms. The summed E-state index contributed by atoms with van der Waals surface area (Å²) in [5.74, 6) is 1.72. The number of aliphatic hydroxyl groups excluding tert-OH is 3. The van der Waals surface area contributed by atoms with Crippen LogP contribution in [0.2, 0.25) is 0 Å². The van der Waals surface area contributed by atoms with E-state index in [0.717, 1.165) is 17.9 Å². The quantitative estimate of drug-likeness (QED) is 0.524. The molecule has 0 saturated carbocycles. The van der Waals surface area contributed by atoms with E-state index >= 15 is 0 Å². The van der Waals surface area contributed by atoms with E-state index in [-0.39, 0.29) is 11.6 Å². The molecule has 2 aliphatic heterocycles. The van der Waals surface area contributed by atoms with Crippen LogP contribution in [0.15, 0.2) is 15.8 Å². The SMILES string of the molecule is O=c1[nH]c(=O)n(C2CCSC2)cc1[C@@H]1O[C@H](CO)C(O)C1O. The molecule has 2 saturated heterocycles. The van der Waals surface area contributed by atoms with Crippen molar-refractivity contribution in [2.24, 2.45) is 0 Å². The minimum absolute atomic E-state index is 0.00907. The Balaban J connectivity index is 1.98. The molecule has 3 unspecified atom stereocenters. The molecule has 0 aromatic carbocycles. The third-order valence-electron chi connectivity index (χ3n) is 4.14. The van der Waals surface area contributed by atoms with Gasteiger partial charge in [0.2, 0.25) is 0 Å². The van der Waals surface area contributed by atoms with Crippen molar-refractivity contribution in [3.8, 4) is 0 Å². The average Bonchev–Trinajstić information content (AvgIpc) is 3.10. The van der Waals surface area contributed by atoms with Crippen molar-refractivity contribution in [2.45, 2.75) is 36.9 Å². The Labute approximate surface area is 129 Å². The van der Waals surface area contributed by atoms with Gasteiger partial charge in [0, 0.05) is 18.0 Å². The van der Waals surface area contributed by atoms with Gasteiger partial charge >= 0.3 is 5.69 Å². The highest BCUT2D eigenvalue weighted by molar-refractivity contribution is 7.99. The van der Waals surface area contributed by atoms with E-state index in [0.29, 0.717) is 0 Å². The van der Waals surface area contributed by atoms with Crippen molar-refractivity contribution in [1.29, 1.82) is 0 Å². The van der Waals surface area contributed by atoms with Gasteiger partial charge in [-0.3, -0.25) is 14.3 Å². The zero-order valence-corrected chi connectivity index (χ0v) is 12.5. The van der Waals surface area contributed by atoms with Crippen LogP contribution in [0, 0.1) is 0 Å². The smallest absolute Gasteiger partial charge is 0.328 e. The number of aliphatic hydroxyl groups is 3. The molecule has 0 spiro atoms. The molecule has 2 aliphatic rings. The van der Waals surface area contributed by atoms with Crippen molar-refractivity contribution < 1.29 is 20.1 Å². The molecule has 2 fully saturated rings. The van der Waals surface area contributed by atoms with Crippen LogP contribution >= 0.6 is 11.8 Å². The fourth-order valence-electron chi connectivity index (χ4n) is 2.87. The molecule has 0 radical (unpaired) electrons. The van der Waals surface area contributed by atoms with Gasteiger partial charge in [-0.15, -0.1) is 0 Å². The molecular weight excluding hydrogens is 312 g/mol. The minimum Gasteiger partial charge on any atom is -0.394 e. The van der Waals surface area contributed by atoms with Gasteiger partial charge in [-0.1, -0.05) is 0 Å². The number of aromatic nitrogens is 2. The van der Waals surface area contributed by atoms with Gasteiger partial charge in [0.25, 0.3) is 5.56 Å². The monoisotopic (exact) mass is 330 g/mol. The third-order valence-corrected chi connectivity index (χ3v) is 5.29. The van der Waals surface area contributed by atoms with Gasteiger partial charge in [0.05, 0.1) is 12.2 Å². The number of rotatable bonds is 3. The maximum atomic E-state index is 12.0. The van der Waals surface area contributed by atoms with Crippen LogP contribution in [0.4, 0.5) is 0 Å². The van der Waals surface area contributed by atoms with Gasteiger partial charge in [-0.25, -0.2) is 4.79 Å². The standard InChI is InChI=1S/C13H18N2O6S/c16-4-8-9(17)10(18)11(21-8)7-3-15(6-1-2-22-5-6)13(20)14-12(7)19/h3,6,8-11,16-18H,1-2,4-5H2,(H,14,19,20)/t6?,8-,9?,10?,11+/m1/s1. The fourth-order valence-corrected chi connectivity index (χ4v) is 4.08. The van der Waals surface area contributed by atoms with E-state index in [1.807, 2.05) is 0 Å². The summed E-state index contributed by atoms with van der Waals surface area (Å²) >= 11 is 1.73. The first kappa shape index (κ1) is 15.8. The van der Waals surface area contributed by atoms with Gasteiger partial charge in [-0.2, -0.15) is 11.8 Å². The van der Waals surface area contributed by atoms with Crippen molar-refractivity contribution in [3.63, 3.8) is 0 Å². The third kappa shape index (κ3) is 2.63. The molecule has 122 valence electrons. The van der Waals surface area contributed by atoms with Gasteiger partial charge < -0.3 is 20.1 Å². The van der Waals surface area contributed by atoms with E-state index in [2.05, 4.69) is 4.98 Å². The number of nitrogens with one attached hydrogen (secondary N) is 1. The lowest BCUT2D eigenvalue weighted by atomic mass is 10.0. The molecule has 22 heavy (non-hydrogen) atoms. The summed E-state index contributed by atoms with van der Waals surface area (Å²) in [4.78, 5) is 26.2. The highest BCUT2D eigenvalue weighted by Gasteiger charge is 2.44. The van der Waals surface area contributed by atoms with Crippen molar-refractivity contribution in [2.75, 3.05) is 18.1 Å². The van der Waals surface area contributed by atoms with Crippen LogP contribution in [0.1, 0.15) is 24.1 Å². The van der Waals surface area contributed by atoms with E-state index in [9.17, 15) is 19.8 Å². The molecule has 0 bridgehead atoms. The van der Waals surface area contributed by atoms with Gasteiger partial charge in [0.1, 0.15) is 24.4 Å². The number of H-pyrrole nitrogens is 1. The predicted molar refractivity (Wildman–Crippen MR) is 79.0 cm³/mol. The Morgan fingerprint density at radius 3 is 2.73 bits per heavy atom. The summed E-state index contributed by atoms with van der Waals surface area (Å²) in [6.45, 7) is -0.467. The predicted octanol–water partition coefficient (Wildman–Crippen LogP) is -1.63. The van der Waals surface area contributed by atoms with Crippen LogP contribution in [0.3, 0.4) is 0 Å². The zero-order chi connectivity index (χ0) is 15.9. The Morgan fingerprint density at radius 1 is 1.36 bits per heavy atom. The van der Waals surface area contributed by atoms with E-state index in [1.54, 1.807) is 11.8 Å². The van der Waals surface area contributed by atoms with Gasteiger partial charge in [0.15, 0.2) is 0 Å². The second-order valence-electron chi connectivity index (χ2n) is 5.53. The number of hydrogen-bond acceptors (Lipinski definition) is 7. The fraction of sp³-hybridized carbons (Fsp3) is 0.692. The second kappa shape index (κ2) is 6.17. The summed E-state index contributed by atoms with van der Waals surface area (Å²) in [6, 6.07) is -0.00907. The molecule has 3 rings (SSSR count). The Morgan fingerprint density at radius 2 is 2.14 bits per heavy atom. The molecule has 4 N–H and O–H groups in total. The molecule has 3 heterocycles. The normalized spacial score (nSPS) is 35.1. The van der Waals surface area contributed by atoms with E-state index in [4.69, 9.17) is 9.84 Å². The first-order valence-corrected chi connectivity index (χ1v) is 8.24. The minimum atomic E-state index is -1.33.